The minimum atomic E-state index is 0.546. The van der Waals surface area contributed by atoms with Gasteiger partial charge in [0, 0.05) is 11.4 Å². The molecule has 0 amide bonds. The molecule has 124 valence electrons. The molecule has 0 aliphatic heterocycles. The first-order chi connectivity index (χ1) is 12.2. The van der Waals surface area contributed by atoms with Crippen LogP contribution < -0.4 is 10.6 Å². The van der Waals surface area contributed by atoms with E-state index in [4.69, 9.17) is 12.2 Å². The lowest BCUT2D eigenvalue weighted by molar-refractivity contribution is 1.23. The van der Waals surface area contributed by atoms with Crippen LogP contribution in [0.2, 0.25) is 0 Å². The zero-order valence-corrected chi connectivity index (χ0v) is 14.6. The zero-order chi connectivity index (χ0) is 17.5. The number of hydrogen-bond acceptors (Lipinski definition) is 3. The molecular formula is C20H18N4S. The van der Waals surface area contributed by atoms with Crippen molar-refractivity contribution >= 4 is 40.1 Å². The van der Waals surface area contributed by atoms with Crippen LogP contribution in [0.3, 0.4) is 0 Å². The molecule has 5 heteroatoms. The fourth-order valence-corrected chi connectivity index (χ4v) is 2.47. The predicted molar refractivity (Wildman–Crippen MR) is 108 cm³/mol. The number of hydrogen-bond donors (Lipinski definition) is 2. The van der Waals surface area contributed by atoms with Crippen molar-refractivity contribution in [3.8, 4) is 0 Å². The van der Waals surface area contributed by atoms with E-state index in [2.05, 4.69) is 20.9 Å². The summed E-state index contributed by atoms with van der Waals surface area (Å²) >= 11 is 5.35. The minimum absolute atomic E-state index is 0.546. The molecule has 0 atom stereocenters. The Balaban J connectivity index is 1.58. The summed E-state index contributed by atoms with van der Waals surface area (Å²) in [6.07, 6.45) is 0. The Morgan fingerprint density at radius 3 is 2.04 bits per heavy atom. The van der Waals surface area contributed by atoms with Gasteiger partial charge in [0.25, 0.3) is 0 Å². The Morgan fingerprint density at radius 1 is 0.720 bits per heavy atom. The summed E-state index contributed by atoms with van der Waals surface area (Å²) in [6.45, 7) is 2.05. The number of aryl methyl sites for hydroxylation is 1. The molecule has 0 spiro atoms. The van der Waals surface area contributed by atoms with E-state index in [0.717, 1.165) is 22.7 Å². The smallest absolute Gasteiger partial charge is 0.175 e. The highest BCUT2D eigenvalue weighted by atomic mass is 32.1. The first kappa shape index (κ1) is 16.8. The number of benzene rings is 3. The van der Waals surface area contributed by atoms with Crippen LogP contribution in [0.25, 0.3) is 0 Å². The van der Waals surface area contributed by atoms with Crippen molar-refractivity contribution in [3.05, 3.63) is 84.4 Å². The van der Waals surface area contributed by atoms with Crippen molar-refractivity contribution in [2.45, 2.75) is 6.92 Å². The third kappa shape index (κ3) is 5.22. The minimum Gasteiger partial charge on any atom is -0.332 e. The van der Waals surface area contributed by atoms with Gasteiger partial charge in [0.2, 0.25) is 0 Å². The normalized spacial score (nSPS) is 10.6. The first-order valence-electron chi connectivity index (χ1n) is 7.90. The van der Waals surface area contributed by atoms with Crippen LogP contribution in [0.15, 0.2) is 89.1 Å². The predicted octanol–water partition coefficient (Wildman–Crippen LogP) is 6.22. The Morgan fingerprint density at radius 2 is 1.36 bits per heavy atom. The topological polar surface area (TPSA) is 48.8 Å². The maximum atomic E-state index is 5.35. The van der Waals surface area contributed by atoms with E-state index in [1.165, 1.54) is 5.56 Å². The van der Waals surface area contributed by atoms with Crippen molar-refractivity contribution in [3.63, 3.8) is 0 Å². The fourth-order valence-electron chi connectivity index (χ4n) is 2.24. The van der Waals surface area contributed by atoms with Gasteiger partial charge in [-0.1, -0.05) is 30.3 Å². The summed E-state index contributed by atoms with van der Waals surface area (Å²) in [6, 6.07) is 25.3. The van der Waals surface area contributed by atoms with Gasteiger partial charge in [-0.05, 0) is 73.2 Å². The van der Waals surface area contributed by atoms with Crippen LogP contribution in [0.5, 0.6) is 0 Å². The molecule has 4 nitrogen and oxygen atoms in total. The second-order valence-corrected chi connectivity index (χ2v) is 5.94. The van der Waals surface area contributed by atoms with Crippen molar-refractivity contribution < 1.29 is 0 Å². The van der Waals surface area contributed by atoms with Gasteiger partial charge < -0.3 is 10.6 Å². The van der Waals surface area contributed by atoms with Gasteiger partial charge in [0.1, 0.15) is 0 Å². The van der Waals surface area contributed by atoms with Gasteiger partial charge in [-0.3, -0.25) is 0 Å². The summed E-state index contributed by atoms with van der Waals surface area (Å²) in [4.78, 5) is 0. The summed E-state index contributed by atoms with van der Waals surface area (Å²) < 4.78 is 0. The summed E-state index contributed by atoms with van der Waals surface area (Å²) in [5.74, 6) is 0. The van der Waals surface area contributed by atoms with Crippen LogP contribution >= 0.6 is 12.2 Å². The third-order valence-corrected chi connectivity index (χ3v) is 3.64. The van der Waals surface area contributed by atoms with Gasteiger partial charge in [0.15, 0.2) is 5.11 Å². The van der Waals surface area contributed by atoms with E-state index in [9.17, 15) is 0 Å². The molecule has 0 bridgehead atoms. The summed E-state index contributed by atoms with van der Waals surface area (Å²) in [7, 11) is 0. The van der Waals surface area contributed by atoms with Gasteiger partial charge in [-0.15, -0.1) is 0 Å². The number of rotatable bonds is 4. The Kier molecular flexibility index (Phi) is 5.49. The maximum Gasteiger partial charge on any atom is 0.175 e. The molecule has 0 saturated heterocycles. The highest BCUT2D eigenvalue weighted by Gasteiger charge is 2.00. The second-order valence-electron chi connectivity index (χ2n) is 5.53. The van der Waals surface area contributed by atoms with E-state index in [1.54, 1.807) is 0 Å². The van der Waals surface area contributed by atoms with Gasteiger partial charge >= 0.3 is 0 Å². The summed E-state index contributed by atoms with van der Waals surface area (Å²) in [5, 5.41) is 15.3. The number of azo groups is 1. The average Bonchev–Trinajstić information content (AvgIpc) is 2.62. The molecule has 3 rings (SSSR count). The molecule has 0 radical (unpaired) electrons. The second kappa shape index (κ2) is 8.17. The molecule has 0 heterocycles. The third-order valence-electron chi connectivity index (χ3n) is 3.44. The fraction of sp³-hybridized carbons (Fsp3) is 0.0500. The number of nitrogens with one attached hydrogen (secondary N) is 2. The number of nitrogens with zero attached hydrogens (tertiary/aromatic N) is 2. The van der Waals surface area contributed by atoms with Gasteiger partial charge in [0.05, 0.1) is 11.4 Å². The summed E-state index contributed by atoms with van der Waals surface area (Å²) in [5.41, 5.74) is 4.65. The van der Waals surface area contributed by atoms with Gasteiger partial charge in [-0.2, -0.15) is 10.2 Å². The lowest BCUT2D eigenvalue weighted by atomic mass is 10.2. The highest BCUT2D eigenvalue weighted by molar-refractivity contribution is 7.80. The quantitative estimate of drug-likeness (QED) is 0.435. The van der Waals surface area contributed by atoms with Crippen LogP contribution in [0.1, 0.15) is 5.56 Å². The molecule has 2 N–H and O–H groups in total. The van der Waals surface area contributed by atoms with Crippen LogP contribution in [0.4, 0.5) is 22.7 Å². The highest BCUT2D eigenvalue weighted by Crippen LogP contribution is 2.20. The molecule has 3 aromatic rings. The largest absolute Gasteiger partial charge is 0.332 e. The Bertz CT molecular complexity index is 874. The Labute approximate surface area is 152 Å². The zero-order valence-electron chi connectivity index (χ0n) is 13.8. The first-order valence-corrected chi connectivity index (χ1v) is 8.31. The van der Waals surface area contributed by atoms with Crippen LogP contribution in [0, 0.1) is 6.92 Å². The SMILES string of the molecule is Cc1cccc(NC(=S)Nc2ccc(N=Nc3ccccc3)cc2)c1. The molecule has 0 aliphatic rings. The van der Waals surface area contributed by atoms with Crippen LogP contribution in [-0.2, 0) is 0 Å². The van der Waals surface area contributed by atoms with Gasteiger partial charge in [-0.25, -0.2) is 0 Å². The molecule has 0 unspecified atom stereocenters. The molecule has 0 aromatic heterocycles. The van der Waals surface area contributed by atoms with Crippen molar-refractivity contribution in [1.29, 1.82) is 0 Å². The molecule has 0 fully saturated rings. The van der Waals surface area contributed by atoms with E-state index in [-0.39, 0.29) is 0 Å². The number of anilines is 2. The standard InChI is InChI=1S/C20H18N4S/c1-15-6-5-9-19(14-15)22-20(25)21-16-10-12-18(13-11-16)24-23-17-7-3-2-4-8-17/h2-14H,1H3,(H2,21,22,25). The van der Waals surface area contributed by atoms with Crippen LogP contribution in [-0.4, -0.2) is 5.11 Å². The molecule has 25 heavy (non-hydrogen) atoms. The lowest BCUT2D eigenvalue weighted by Gasteiger charge is -2.11. The van der Waals surface area contributed by atoms with Crippen molar-refractivity contribution in [2.24, 2.45) is 10.2 Å². The lowest BCUT2D eigenvalue weighted by Crippen LogP contribution is -2.18. The molecule has 0 aliphatic carbocycles. The average molecular weight is 346 g/mol. The van der Waals surface area contributed by atoms with E-state index in [1.807, 2.05) is 85.8 Å². The molecule has 3 aromatic carbocycles. The van der Waals surface area contributed by atoms with Crippen molar-refractivity contribution in [1.82, 2.24) is 0 Å². The number of thiocarbonyl (C=S) groups is 1. The van der Waals surface area contributed by atoms with E-state index < -0.39 is 0 Å². The monoisotopic (exact) mass is 346 g/mol. The molecular weight excluding hydrogens is 328 g/mol. The maximum absolute atomic E-state index is 5.35. The van der Waals surface area contributed by atoms with Crippen molar-refractivity contribution in [2.75, 3.05) is 10.6 Å². The van der Waals surface area contributed by atoms with E-state index in [0.29, 0.717) is 5.11 Å². The van der Waals surface area contributed by atoms with E-state index >= 15 is 0 Å². The Hall–Kier alpha value is -3.05. The molecule has 0 saturated carbocycles.